The molecule has 5 rings (SSSR count). The molecule has 9 heteroatoms. The van der Waals surface area contributed by atoms with Gasteiger partial charge in [-0.2, -0.15) is 22.9 Å². The zero-order valence-electron chi connectivity index (χ0n) is 22.4. The number of para-hydroxylation sites is 1. The number of hydrogen-bond acceptors (Lipinski definition) is 5. The second-order valence-corrected chi connectivity index (χ2v) is 9.31. The van der Waals surface area contributed by atoms with Crippen LogP contribution in [0.1, 0.15) is 29.2 Å². The molecule has 0 aliphatic rings. The molecule has 4 aromatic carbocycles. The van der Waals surface area contributed by atoms with Crippen LogP contribution in [0.25, 0.3) is 22.3 Å². The first-order valence-electron chi connectivity index (χ1n) is 12.9. The van der Waals surface area contributed by atoms with Gasteiger partial charge in [-0.1, -0.05) is 54.1 Å². The molecule has 0 N–H and O–H groups in total. The molecule has 0 amide bonds. The Morgan fingerprint density at radius 3 is 2.44 bits per heavy atom. The van der Waals surface area contributed by atoms with E-state index in [9.17, 15) is 18.0 Å². The molecule has 0 bridgehead atoms. The van der Waals surface area contributed by atoms with Crippen LogP contribution >= 0.6 is 0 Å². The van der Waals surface area contributed by atoms with Crippen LogP contribution in [0.15, 0.2) is 101 Å². The summed E-state index contributed by atoms with van der Waals surface area (Å²) < 4.78 is 53.1. The molecular weight excluding hydrogens is 531 g/mol. The lowest BCUT2D eigenvalue weighted by Crippen LogP contribution is -2.20. The summed E-state index contributed by atoms with van der Waals surface area (Å²) in [5.41, 5.74) is 1.85. The van der Waals surface area contributed by atoms with Gasteiger partial charge in [0.15, 0.2) is 17.3 Å². The largest absolute Gasteiger partial charge is 0.490 e. The molecule has 0 aliphatic carbocycles. The third kappa shape index (κ3) is 6.30. The van der Waals surface area contributed by atoms with Crippen molar-refractivity contribution in [2.45, 2.75) is 26.6 Å². The van der Waals surface area contributed by atoms with Gasteiger partial charge in [-0.25, -0.2) is 4.98 Å². The molecule has 5 aromatic rings. The summed E-state index contributed by atoms with van der Waals surface area (Å²) in [6.45, 7) is 4.62. The Balaban J connectivity index is 1.52. The normalized spacial score (nSPS) is 11.7. The second kappa shape index (κ2) is 11.7. The van der Waals surface area contributed by atoms with Crippen molar-refractivity contribution in [3.05, 3.63) is 124 Å². The summed E-state index contributed by atoms with van der Waals surface area (Å²) >= 11 is 0. The topological polar surface area (TPSA) is 65.7 Å². The fourth-order valence-electron chi connectivity index (χ4n) is 4.21. The summed E-state index contributed by atoms with van der Waals surface area (Å²) in [5.74, 6) is 1.02. The van der Waals surface area contributed by atoms with Gasteiger partial charge in [0.2, 0.25) is 0 Å². The van der Waals surface area contributed by atoms with Crippen LogP contribution in [0.3, 0.4) is 0 Å². The summed E-state index contributed by atoms with van der Waals surface area (Å²) in [4.78, 5) is 17.9. The molecule has 0 saturated heterocycles. The Morgan fingerprint density at radius 2 is 1.68 bits per heavy atom. The van der Waals surface area contributed by atoms with Crippen molar-refractivity contribution < 1.29 is 22.6 Å². The number of aryl methyl sites for hydroxylation is 1. The number of alkyl halides is 3. The maximum Gasteiger partial charge on any atom is 0.416 e. The summed E-state index contributed by atoms with van der Waals surface area (Å²) in [6.07, 6.45) is -3.12. The standard InChI is InChI=1S/C32H26F3N3O3/c1-3-40-29-17-23(15-16-28(29)41-20-22-13-11-21(2)12-14-22)19-36-38-30(24-7-6-8-25(18-24)32(33,34)35)37-27-10-5-4-9-26(27)31(38)39/h4-19H,3,20H2,1-2H3. The highest BCUT2D eigenvalue weighted by Gasteiger charge is 2.31. The first-order valence-corrected chi connectivity index (χ1v) is 12.9. The van der Waals surface area contributed by atoms with Crippen molar-refractivity contribution in [1.82, 2.24) is 9.66 Å². The maximum absolute atomic E-state index is 13.4. The number of benzene rings is 4. The van der Waals surface area contributed by atoms with E-state index < -0.39 is 17.3 Å². The summed E-state index contributed by atoms with van der Waals surface area (Å²) in [7, 11) is 0. The van der Waals surface area contributed by atoms with Gasteiger partial charge in [0, 0.05) is 5.56 Å². The van der Waals surface area contributed by atoms with Gasteiger partial charge in [0.05, 0.1) is 29.3 Å². The Bertz CT molecular complexity index is 1780. The van der Waals surface area contributed by atoms with Crippen LogP contribution < -0.4 is 15.0 Å². The number of ether oxygens (including phenoxy) is 2. The van der Waals surface area contributed by atoms with Gasteiger partial charge in [-0.15, -0.1) is 0 Å². The van der Waals surface area contributed by atoms with Gasteiger partial charge in [-0.05, 0) is 67.4 Å². The molecule has 0 aliphatic heterocycles. The van der Waals surface area contributed by atoms with Crippen LogP contribution in [0.4, 0.5) is 13.2 Å². The lowest BCUT2D eigenvalue weighted by atomic mass is 10.1. The Labute approximate surface area is 234 Å². The van der Waals surface area contributed by atoms with Gasteiger partial charge in [0.25, 0.3) is 5.56 Å². The van der Waals surface area contributed by atoms with Crippen LogP contribution in [-0.2, 0) is 12.8 Å². The highest BCUT2D eigenvalue weighted by Crippen LogP contribution is 2.32. The van der Waals surface area contributed by atoms with E-state index in [-0.39, 0.29) is 16.8 Å². The molecule has 208 valence electrons. The number of aromatic nitrogens is 2. The van der Waals surface area contributed by atoms with Crippen molar-refractivity contribution in [3.8, 4) is 22.9 Å². The third-order valence-electron chi connectivity index (χ3n) is 6.31. The number of rotatable bonds is 8. The van der Waals surface area contributed by atoms with Crippen LogP contribution in [0, 0.1) is 6.92 Å². The van der Waals surface area contributed by atoms with Crippen LogP contribution in [-0.4, -0.2) is 22.5 Å². The predicted molar refractivity (Wildman–Crippen MR) is 153 cm³/mol. The third-order valence-corrected chi connectivity index (χ3v) is 6.31. The Morgan fingerprint density at radius 1 is 0.902 bits per heavy atom. The summed E-state index contributed by atoms with van der Waals surface area (Å²) in [5, 5.41) is 4.65. The average molecular weight is 558 g/mol. The lowest BCUT2D eigenvalue weighted by molar-refractivity contribution is -0.137. The number of nitrogens with zero attached hydrogens (tertiary/aromatic N) is 3. The molecule has 0 unspecified atom stereocenters. The number of halogens is 3. The number of hydrogen-bond donors (Lipinski definition) is 0. The molecule has 0 saturated carbocycles. The minimum Gasteiger partial charge on any atom is -0.490 e. The van der Waals surface area contributed by atoms with Gasteiger partial charge in [-0.3, -0.25) is 4.79 Å². The van der Waals surface area contributed by atoms with E-state index in [2.05, 4.69) is 10.1 Å². The van der Waals surface area contributed by atoms with E-state index in [0.717, 1.165) is 27.9 Å². The van der Waals surface area contributed by atoms with Gasteiger partial charge < -0.3 is 9.47 Å². The van der Waals surface area contributed by atoms with Crippen molar-refractivity contribution >= 4 is 17.1 Å². The molecule has 1 heterocycles. The fourth-order valence-corrected chi connectivity index (χ4v) is 4.21. The first-order chi connectivity index (χ1) is 19.7. The highest BCUT2D eigenvalue weighted by molar-refractivity contribution is 5.82. The van der Waals surface area contributed by atoms with E-state index in [4.69, 9.17) is 9.47 Å². The number of fused-ring (bicyclic) bond motifs is 1. The Kier molecular flexibility index (Phi) is 7.87. The van der Waals surface area contributed by atoms with E-state index in [1.807, 2.05) is 38.1 Å². The first kappa shape index (κ1) is 27.6. The highest BCUT2D eigenvalue weighted by atomic mass is 19.4. The molecule has 0 fully saturated rings. The molecule has 1 aromatic heterocycles. The Hall–Kier alpha value is -4.92. The summed E-state index contributed by atoms with van der Waals surface area (Å²) in [6, 6.07) is 24.5. The second-order valence-electron chi connectivity index (χ2n) is 9.31. The molecule has 6 nitrogen and oxygen atoms in total. The maximum atomic E-state index is 13.4. The van der Waals surface area contributed by atoms with Crippen molar-refractivity contribution in [1.29, 1.82) is 0 Å². The molecule has 0 spiro atoms. The minimum absolute atomic E-state index is 0.0147. The smallest absolute Gasteiger partial charge is 0.416 e. The van der Waals surface area contributed by atoms with Gasteiger partial charge >= 0.3 is 6.18 Å². The van der Waals surface area contributed by atoms with E-state index in [1.54, 1.807) is 42.5 Å². The van der Waals surface area contributed by atoms with E-state index in [0.29, 0.717) is 35.8 Å². The lowest BCUT2D eigenvalue weighted by Gasteiger charge is -2.13. The van der Waals surface area contributed by atoms with Crippen LogP contribution in [0.2, 0.25) is 0 Å². The minimum atomic E-state index is -4.56. The quantitative estimate of drug-likeness (QED) is 0.189. The predicted octanol–water partition coefficient (Wildman–Crippen LogP) is 7.25. The molecule has 0 radical (unpaired) electrons. The van der Waals surface area contributed by atoms with Gasteiger partial charge in [0.1, 0.15) is 6.61 Å². The molecule has 0 atom stereocenters. The SMILES string of the molecule is CCOc1cc(C=Nn2c(-c3cccc(C(F)(F)F)c3)nc3ccccc3c2=O)ccc1OCc1ccc(C)cc1. The molecular formula is C32H26F3N3O3. The van der Waals surface area contributed by atoms with Crippen LogP contribution in [0.5, 0.6) is 11.5 Å². The van der Waals surface area contributed by atoms with Crippen molar-refractivity contribution in [2.24, 2.45) is 5.10 Å². The average Bonchev–Trinajstić information content (AvgIpc) is 2.97. The molecule has 41 heavy (non-hydrogen) atoms. The zero-order chi connectivity index (χ0) is 29.0. The fraction of sp³-hybridized carbons (Fsp3) is 0.156. The van der Waals surface area contributed by atoms with E-state index >= 15 is 0 Å². The monoisotopic (exact) mass is 557 g/mol. The zero-order valence-corrected chi connectivity index (χ0v) is 22.4. The van der Waals surface area contributed by atoms with Crippen molar-refractivity contribution in [2.75, 3.05) is 6.61 Å². The van der Waals surface area contributed by atoms with Crippen molar-refractivity contribution in [3.63, 3.8) is 0 Å². The van der Waals surface area contributed by atoms with E-state index in [1.165, 1.54) is 18.3 Å².